The third-order valence-corrected chi connectivity index (χ3v) is 7.31. The molecule has 0 radical (unpaired) electrons. The van der Waals surface area contributed by atoms with E-state index in [1.165, 1.54) is 6.08 Å². The summed E-state index contributed by atoms with van der Waals surface area (Å²) in [7, 11) is -3.99. The van der Waals surface area contributed by atoms with Crippen molar-refractivity contribution in [2.45, 2.75) is 18.7 Å². The Labute approximate surface area is 198 Å². The van der Waals surface area contributed by atoms with Crippen LogP contribution in [0.3, 0.4) is 0 Å². The first-order valence-corrected chi connectivity index (χ1v) is 12.3. The summed E-state index contributed by atoms with van der Waals surface area (Å²) in [4.78, 5) is 13.4. The SMILES string of the molecule is Cc1ccc(S(=O)(=O)N=C2C=C(Nc3cccc4ccccc34)C(=O)c3ccccc32)c(C)c1. The number of hydrogen-bond acceptors (Lipinski definition) is 4. The van der Waals surface area contributed by atoms with Gasteiger partial charge in [-0.25, -0.2) is 0 Å². The molecule has 168 valence electrons. The van der Waals surface area contributed by atoms with E-state index in [-0.39, 0.29) is 22.1 Å². The van der Waals surface area contributed by atoms with Gasteiger partial charge in [0.15, 0.2) is 0 Å². The van der Waals surface area contributed by atoms with Crippen molar-refractivity contribution in [3.8, 4) is 0 Å². The molecule has 0 spiro atoms. The molecule has 1 aliphatic rings. The second-order valence-corrected chi connectivity index (χ2v) is 9.88. The molecule has 5 nitrogen and oxygen atoms in total. The Morgan fingerprint density at radius 2 is 1.50 bits per heavy atom. The number of carbonyl (C=O) groups excluding carboxylic acids is 1. The summed E-state index contributed by atoms with van der Waals surface area (Å²) < 4.78 is 30.7. The van der Waals surface area contributed by atoms with E-state index in [1.807, 2.05) is 55.5 Å². The van der Waals surface area contributed by atoms with Gasteiger partial charge in [0, 0.05) is 22.2 Å². The van der Waals surface area contributed by atoms with Crippen LogP contribution < -0.4 is 5.32 Å². The summed E-state index contributed by atoms with van der Waals surface area (Å²) in [5, 5.41) is 5.21. The molecular weight excluding hydrogens is 444 g/mol. The molecular formula is C28H22N2O3S. The van der Waals surface area contributed by atoms with Crippen molar-refractivity contribution in [3.63, 3.8) is 0 Å². The van der Waals surface area contributed by atoms with Gasteiger partial charge < -0.3 is 5.32 Å². The maximum atomic E-state index is 13.3. The van der Waals surface area contributed by atoms with E-state index in [9.17, 15) is 13.2 Å². The Hall–Kier alpha value is -4.03. The van der Waals surface area contributed by atoms with Crippen molar-refractivity contribution in [3.05, 3.63) is 119 Å². The lowest BCUT2D eigenvalue weighted by Crippen LogP contribution is -2.22. The van der Waals surface area contributed by atoms with Crippen molar-refractivity contribution in [1.29, 1.82) is 0 Å². The Kier molecular flexibility index (Phi) is 5.38. The van der Waals surface area contributed by atoms with Gasteiger partial charge in [0.1, 0.15) is 0 Å². The van der Waals surface area contributed by atoms with E-state index < -0.39 is 10.0 Å². The molecule has 0 atom stereocenters. The highest BCUT2D eigenvalue weighted by Crippen LogP contribution is 2.29. The number of Topliss-reactive ketones (excluding diaryl/α,β-unsaturated/α-hetero) is 1. The maximum Gasteiger partial charge on any atom is 0.283 e. The van der Waals surface area contributed by atoms with Crippen LogP contribution in [0.4, 0.5) is 5.69 Å². The van der Waals surface area contributed by atoms with Crippen molar-refractivity contribution in [1.82, 2.24) is 0 Å². The van der Waals surface area contributed by atoms with Gasteiger partial charge in [-0.1, -0.05) is 78.4 Å². The fourth-order valence-corrected chi connectivity index (χ4v) is 5.46. The Bertz CT molecular complexity index is 1630. The van der Waals surface area contributed by atoms with Gasteiger partial charge in [-0.05, 0) is 43.0 Å². The van der Waals surface area contributed by atoms with E-state index >= 15 is 0 Å². The third-order valence-electron chi connectivity index (χ3n) is 5.86. The molecule has 0 bridgehead atoms. The summed E-state index contributed by atoms with van der Waals surface area (Å²) in [6, 6.07) is 25.7. The quantitative estimate of drug-likeness (QED) is 0.411. The minimum atomic E-state index is -3.99. The van der Waals surface area contributed by atoms with Gasteiger partial charge in [-0.15, -0.1) is 0 Å². The van der Waals surface area contributed by atoms with Crippen LogP contribution in [0, 0.1) is 13.8 Å². The highest BCUT2D eigenvalue weighted by molar-refractivity contribution is 7.90. The van der Waals surface area contributed by atoms with E-state index in [1.54, 1.807) is 43.3 Å². The fraction of sp³-hybridized carbons (Fsp3) is 0.0714. The number of nitrogens with zero attached hydrogens (tertiary/aromatic N) is 1. The zero-order valence-electron chi connectivity index (χ0n) is 18.7. The second kappa shape index (κ2) is 8.39. The molecule has 0 fully saturated rings. The lowest BCUT2D eigenvalue weighted by molar-refractivity contribution is 0.103. The number of fused-ring (bicyclic) bond motifs is 2. The number of anilines is 1. The second-order valence-electron chi connectivity index (χ2n) is 8.30. The predicted molar refractivity (Wildman–Crippen MR) is 136 cm³/mol. The van der Waals surface area contributed by atoms with Crippen molar-refractivity contribution in [2.75, 3.05) is 5.32 Å². The number of benzene rings is 4. The van der Waals surface area contributed by atoms with Gasteiger partial charge in [-0.3, -0.25) is 4.79 Å². The van der Waals surface area contributed by atoms with Crippen LogP contribution in [0.1, 0.15) is 27.0 Å². The molecule has 4 aromatic carbocycles. The number of aryl methyl sites for hydroxylation is 2. The molecule has 0 aliphatic heterocycles. The number of rotatable bonds is 4. The van der Waals surface area contributed by atoms with Crippen molar-refractivity contribution in [2.24, 2.45) is 4.40 Å². The lowest BCUT2D eigenvalue weighted by atomic mass is 9.92. The molecule has 1 aliphatic carbocycles. The van der Waals surface area contributed by atoms with E-state index in [2.05, 4.69) is 9.71 Å². The fourth-order valence-electron chi connectivity index (χ4n) is 4.24. The van der Waals surface area contributed by atoms with Crippen molar-refractivity contribution < 1.29 is 13.2 Å². The zero-order chi connectivity index (χ0) is 23.9. The zero-order valence-corrected chi connectivity index (χ0v) is 19.6. The third kappa shape index (κ3) is 3.93. The number of ketones is 1. The lowest BCUT2D eigenvalue weighted by Gasteiger charge is -2.19. The van der Waals surface area contributed by atoms with Gasteiger partial charge >= 0.3 is 0 Å². The Morgan fingerprint density at radius 1 is 0.794 bits per heavy atom. The number of carbonyl (C=O) groups is 1. The first kappa shape index (κ1) is 21.8. The van der Waals surface area contributed by atoms with Crippen LogP contribution >= 0.6 is 0 Å². The summed E-state index contributed by atoms with van der Waals surface area (Å²) in [5.41, 5.74) is 3.74. The molecule has 0 unspecified atom stereocenters. The summed E-state index contributed by atoms with van der Waals surface area (Å²) in [5.74, 6) is -0.216. The molecule has 0 amide bonds. The van der Waals surface area contributed by atoms with Crippen LogP contribution in [-0.4, -0.2) is 19.9 Å². The number of allylic oxidation sites excluding steroid dienone is 2. The molecule has 4 aromatic rings. The highest BCUT2D eigenvalue weighted by Gasteiger charge is 2.27. The van der Waals surface area contributed by atoms with Crippen LogP contribution in [0.25, 0.3) is 10.8 Å². The number of nitrogens with one attached hydrogen (secondary N) is 1. The van der Waals surface area contributed by atoms with Crippen LogP contribution in [0.15, 0.2) is 106 Å². The largest absolute Gasteiger partial charge is 0.352 e. The molecule has 0 aromatic heterocycles. The molecule has 5 rings (SSSR count). The van der Waals surface area contributed by atoms with Gasteiger partial charge in [0.05, 0.1) is 16.3 Å². The molecule has 6 heteroatoms. The van der Waals surface area contributed by atoms with Crippen LogP contribution in [0.5, 0.6) is 0 Å². The summed E-state index contributed by atoms with van der Waals surface area (Å²) in [6.07, 6.45) is 1.52. The smallest absolute Gasteiger partial charge is 0.283 e. The molecule has 0 saturated heterocycles. The molecule has 34 heavy (non-hydrogen) atoms. The Morgan fingerprint density at radius 3 is 2.29 bits per heavy atom. The minimum absolute atomic E-state index is 0.150. The summed E-state index contributed by atoms with van der Waals surface area (Å²) >= 11 is 0. The standard InChI is InChI=1S/C28H22N2O3S/c1-18-14-15-27(19(2)16-18)34(32,33)30-25-17-26(28(31)23-12-6-5-11-22(23)25)29-24-13-7-9-20-8-3-4-10-21(20)24/h3-17,29H,1-2H3. The van der Waals surface area contributed by atoms with Gasteiger partial charge in [0.2, 0.25) is 5.78 Å². The number of hydrogen-bond donors (Lipinski definition) is 1. The van der Waals surface area contributed by atoms with Crippen LogP contribution in [0.2, 0.25) is 0 Å². The predicted octanol–water partition coefficient (Wildman–Crippen LogP) is 5.83. The summed E-state index contributed by atoms with van der Waals surface area (Å²) in [6.45, 7) is 3.66. The molecule has 0 saturated carbocycles. The van der Waals surface area contributed by atoms with E-state index in [0.717, 1.165) is 22.0 Å². The maximum absolute atomic E-state index is 13.3. The first-order chi connectivity index (χ1) is 16.3. The average Bonchev–Trinajstić information content (AvgIpc) is 2.82. The molecule has 1 N–H and O–H groups in total. The first-order valence-electron chi connectivity index (χ1n) is 10.9. The van der Waals surface area contributed by atoms with Gasteiger partial charge in [-0.2, -0.15) is 12.8 Å². The Balaban J connectivity index is 1.64. The minimum Gasteiger partial charge on any atom is -0.352 e. The monoisotopic (exact) mass is 466 g/mol. The highest BCUT2D eigenvalue weighted by atomic mass is 32.2. The average molecular weight is 467 g/mol. The topological polar surface area (TPSA) is 75.6 Å². The van der Waals surface area contributed by atoms with E-state index in [4.69, 9.17) is 0 Å². The number of sulfonamides is 1. The molecule has 0 heterocycles. The van der Waals surface area contributed by atoms with E-state index in [0.29, 0.717) is 16.7 Å². The van der Waals surface area contributed by atoms with Crippen molar-refractivity contribution >= 4 is 38.0 Å². The van der Waals surface area contributed by atoms with Gasteiger partial charge in [0.25, 0.3) is 10.0 Å². The normalized spacial score (nSPS) is 14.7. The van der Waals surface area contributed by atoms with Crippen LogP contribution in [-0.2, 0) is 10.0 Å².